The predicted molar refractivity (Wildman–Crippen MR) is 84.3 cm³/mol. The molecule has 22 heavy (non-hydrogen) atoms. The van der Waals surface area contributed by atoms with Gasteiger partial charge in [0.05, 0.1) is 0 Å². The summed E-state index contributed by atoms with van der Waals surface area (Å²) in [5, 5.41) is 3.70. The number of carbonyl (C=O) groups excluding carboxylic acids is 1. The van der Waals surface area contributed by atoms with Gasteiger partial charge in [-0.05, 0) is 5.56 Å². The lowest BCUT2D eigenvalue weighted by Gasteiger charge is -2.33. The Labute approximate surface area is 129 Å². The van der Waals surface area contributed by atoms with Gasteiger partial charge in [0, 0.05) is 38.8 Å². The highest BCUT2D eigenvalue weighted by atomic mass is 16.5. The molecule has 5 heteroatoms. The van der Waals surface area contributed by atoms with Gasteiger partial charge in [0.2, 0.25) is 0 Å². The maximum atomic E-state index is 12.1. The first-order valence-electron chi connectivity index (χ1n) is 7.46. The summed E-state index contributed by atoms with van der Waals surface area (Å²) in [5.74, 6) is -0.0479. The molecule has 0 unspecified atom stereocenters. The highest BCUT2D eigenvalue weighted by Crippen LogP contribution is 2.08. The maximum absolute atomic E-state index is 12.1. The van der Waals surface area contributed by atoms with Crippen molar-refractivity contribution in [2.75, 3.05) is 32.7 Å². The molecule has 0 saturated carbocycles. The second kappa shape index (κ2) is 7.04. The van der Waals surface area contributed by atoms with Gasteiger partial charge in [-0.15, -0.1) is 0 Å². The van der Waals surface area contributed by atoms with Crippen molar-refractivity contribution in [2.24, 2.45) is 0 Å². The summed E-state index contributed by atoms with van der Waals surface area (Å²) in [7, 11) is 0. The molecule has 3 rings (SSSR count). The summed E-state index contributed by atoms with van der Waals surface area (Å²) in [6, 6.07) is 11.9. The molecule has 1 amide bonds. The van der Waals surface area contributed by atoms with Gasteiger partial charge in [-0.2, -0.15) is 0 Å². The Morgan fingerprint density at radius 3 is 2.59 bits per heavy atom. The summed E-state index contributed by atoms with van der Waals surface area (Å²) in [6.45, 7) is 4.11. The number of rotatable bonds is 4. The van der Waals surface area contributed by atoms with Crippen molar-refractivity contribution in [3.63, 3.8) is 0 Å². The fourth-order valence-corrected chi connectivity index (χ4v) is 2.52. The third-order valence-electron chi connectivity index (χ3n) is 3.79. The van der Waals surface area contributed by atoms with Crippen LogP contribution in [0.1, 0.15) is 16.1 Å². The van der Waals surface area contributed by atoms with Crippen molar-refractivity contribution in [1.82, 2.24) is 15.0 Å². The molecule has 2 heterocycles. The van der Waals surface area contributed by atoms with Gasteiger partial charge < -0.3 is 9.42 Å². The Bertz CT molecular complexity index is 615. The van der Waals surface area contributed by atoms with E-state index in [9.17, 15) is 4.79 Å². The van der Waals surface area contributed by atoms with Crippen LogP contribution in [0.4, 0.5) is 0 Å². The molecular weight excluding hydrogens is 278 g/mol. The van der Waals surface area contributed by atoms with Gasteiger partial charge in [0.25, 0.3) is 5.91 Å². The van der Waals surface area contributed by atoms with Crippen molar-refractivity contribution in [2.45, 2.75) is 0 Å². The molecule has 1 fully saturated rings. The molecule has 1 aromatic carbocycles. The van der Waals surface area contributed by atoms with Crippen LogP contribution in [0, 0.1) is 0 Å². The molecule has 114 valence electrons. The fourth-order valence-electron chi connectivity index (χ4n) is 2.52. The van der Waals surface area contributed by atoms with Crippen LogP contribution in [0.3, 0.4) is 0 Å². The summed E-state index contributed by atoms with van der Waals surface area (Å²) in [5.41, 5.74) is 1.60. The molecule has 0 bridgehead atoms. The Morgan fingerprint density at radius 2 is 1.91 bits per heavy atom. The molecule has 1 saturated heterocycles. The summed E-state index contributed by atoms with van der Waals surface area (Å²) >= 11 is 0. The average molecular weight is 297 g/mol. The Kier molecular flexibility index (Phi) is 4.65. The van der Waals surface area contributed by atoms with Crippen molar-refractivity contribution in [3.8, 4) is 0 Å². The van der Waals surface area contributed by atoms with Crippen LogP contribution in [0.5, 0.6) is 0 Å². The molecule has 1 aliphatic rings. The van der Waals surface area contributed by atoms with Crippen molar-refractivity contribution in [3.05, 3.63) is 60.0 Å². The number of aromatic nitrogens is 1. The third kappa shape index (κ3) is 3.62. The van der Waals surface area contributed by atoms with Crippen LogP contribution in [-0.2, 0) is 0 Å². The number of carbonyl (C=O) groups is 1. The average Bonchev–Trinajstić information content (AvgIpc) is 3.10. The molecule has 0 aliphatic carbocycles. The zero-order chi connectivity index (χ0) is 15.2. The van der Waals surface area contributed by atoms with Gasteiger partial charge in [-0.25, -0.2) is 0 Å². The van der Waals surface area contributed by atoms with Crippen LogP contribution < -0.4 is 0 Å². The highest BCUT2D eigenvalue weighted by molar-refractivity contribution is 5.92. The summed E-state index contributed by atoms with van der Waals surface area (Å²) in [4.78, 5) is 16.3. The standard InChI is InChI=1S/C17H19N3O2/c21-17(16-8-14-22-18-16)20-12-10-19(11-13-20)9-4-7-15-5-2-1-3-6-15/h1-8,14H,9-13H2/b7-4+. The Hall–Kier alpha value is -2.40. The molecule has 5 nitrogen and oxygen atoms in total. The van der Waals surface area contributed by atoms with E-state index >= 15 is 0 Å². The number of amides is 1. The van der Waals surface area contributed by atoms with Gasteiger partial charge in [-0.1, -0.05) is 47.6 Å². The normalized spacial score (nSPS) is 16.3. The largest absolute Gasteiger partial charge is 0.364 e. The lowest BCUT2D eigenvalue weighted by Crippen LogP contribution is -2.48. The molecule has 1 aromatic heterocycles. The maximum Gasteiger partial charge on any atom is 0.276 e. The van der Waals surface area contributed by atoms with Crippen molar-refractivity contribution in [1.29, 1.82) is 0 Å². The van der Waals surface area contributed by atoms with E-state index in [-0.39, 0.29) is 5.91 Å². The second-order valence-electron chi connectivity index (χ2n) is 5.29. The number of hydrogen-bond donors (Lipinski definition) is 0. The molecule has 0 N–H and O–H groups in total. The van der Waals surface area contributed by atoms with Crippen molar-refractivity contribution >= 4 is 12.0 Å². The van der Waals surface area contributed by atoms with E-state index < -0.39 is 0 Å². The molecule has 0 spiro atoms. The van der Waals surface area contributed by atoms with E-state index in [4.69, 9.17) is 4.52 Å². The summed E-state index contributed by atoms with van der Waals surface area (Å²) < 4.78 is 4.73. The van der Waals surface area contributed by atoms with E-state index in [2.05, 4.69) is 34.3 Å². The van der Waals surface area contributed by atoms with E-state index in [0.29, 0.717) is 5.69 Å². The first-order chi connectivity index (χ1) is 10.8. The van der Waals surface area contributed by atoms with Crippen LogP contribution in [-0.4, -0.2) is 53.6 Å². The number of piperazine rings is 1. The van der Waals surface area contributed by atoms with E-state index in [1.165, 1.54) is 11.8 Å². The van der Waals surface area contributed by atoms with Gasteiger partial charge in [-0.3, -0.25) is 9.69 Å². The third-order valence-corrected chi connectivity index (χ3v) is 3.79. The number of nitrogens with zero attached hydrogens (tertiary/aromatic N) is 3. The first kappa shape index (κ1) is 14.5. The monoisotopic (exact) mass is 297 g/mol. The number of hydrogen-bond acceptors (Lipinski definition) is 4. The summed E-state index contributed by atoms with van der Waals surface area (Å²) in [6.07, 6.45) is 5.73. The lowest BCUT2D eigenvalue weighted by atomic mass is 10.2. The Morgan fingerprint density at radius 1 is 1.14 bits per heavy atom. The smallest absolute Gasteiger partial charge is 0.276 e. The molecular formula is C17H19N3O2. The van der Waals surface area contributed by atoms with E-state index in [1.54, 1.807) is 6.07 Å². The minimum absolute atomic E-state index is 0.0479. The van der Waals surface area contributed by atoms with Gasteiger partial charge >= 0.3 is 0 Å². The van der Waals surface area contributed by atoms with Crippen LogP contribution in [0.2, 0.25) is 0 Å². The molecule has 0 radical (unpaired) electrons. The van der Waals surface area contributed by atoms with Crippen molar-refractivity contribution < 1.29 is 9.32 Å². The van der Waals surface area contributed by atoms with E-state index in [0.717, 1.165) is 32.7 Å². The zero-order valence-electron chi connectivity index (χ0n) is 12.4. The molecule has 0 atom stereocenters. The van der Waals surface area contributed by atoms with Crippen LogP contribution >= 0.6 is 0 Å². The predicted octanol–water partition coefficient (Wildman–Crippen LogP) is 2.15. The topological polar surface area (TPSA) is 49.6 Å². The highest BCUT2D eigenvalue weighted by Gasteiger charge is 2.22. The van der Waals surface area contributed by atoms with Crippen LogP contribution in [0.15, 0.2) is 53.3 Å². The first-order valence-corrected chi connectivity index (χ1v) is 7.46. The second-order valence-corrected chi connectivity index (χ2v) is 5.29. The van der Waals surface area contributed by atoms with Gasteiger partial charge in [0.1, 0.15) is 6.26 Å². The Balaban J connectivity index is 1.46. The number of benzene rings is 1. The molecule has 2 aromatic rings. The lowest BCUT2D eigenvalue weighted by molar-refractivity contribution is 0.0640. The zero-order valence-corrected chi connectivity index (χ0v) is 12.4. The fraction of sp³-hybridized carbons (Fsp3) is 0.294. The SMILES string of the molecule is O=C(c1ccon1)N1CCN(C/C=C/c2ccccc2)CC1. The van der Waals surface area contributed by atoms with E-state index in [1.807, 2.05) is 23.1 Å². The van der Waals surface area contributed by atoms with Crippen LogP contribution in [0.25, 0.3) is 6.08 Å². The minimum Gasteiger partial charge on any atom is -0.364 e. The molecule has 1 aliphatic heterocycles. The minimum atomic E-state index is -0.0479. The van der Waals surface area contributed by atoms with Gasteiger partial charge in [0.15, 0.2) is 5.69 Å². The quantitative estimate of drug-likeness (QED) is 0.867.